The number of nitrogens with one attached hydrogen (secondary N) is 4. The molecule has 0 heterocycles. The van der Waals surface area contributed by atoms with Gasteiger partial charge >= 0.3 is 5.97 Å². The minimum atomic E-state index is -1.25. The van der Waals surface area contributed by atoms with Gasteiger partial charge < -0.3 is 55.8 Å². The van der Waals surface area contributed by atoms with Crippen molar-refractivity contribution in [3.63, 3.8) is 0 Å². The van der Waals surface area contributed by atoms with Crippen LogP contribution in [-0.2, 0) is 47.9 Å². The number of rotatable bonds is 22. The zero-order valence-electron chi connectivity index (χ0n) is 29.7. The lowest BCUT2D eigenvalue weighted by Gasteiger charge is -2.23. The fourth-order valence-electron chi connectivity index (χ4n) is 3.61. The van der Waals surface area contributed by atoms with Crippen molar-refractivity contribution in [2.75, 3.05) is 114 Å². The second-order valence-electron chi connectivity index (χ2n) is 11.4. The van der Waals surface area contributed by atoms with Crippen molar-refractivity contribution in [1.82, 2.24) is 50.7 Å². The fourth-order valence-corrected chi connectivity index (χ4v) is 3.61. The molecule has 0 aliphatic carbocycles. The van der Waals surface area contributed by atoms with E-state index >= 15 is 0 Å². The van der Waals surface area contributed by atoms with Crippen LogP contribution in [0.5, 0.6) is 0 Å². The molecule has 0 atom stereocenters. The maximum absolute atomic E-state index is 12.6. The third kappa shape index (κ3) is 18.9. The summed E-state index contributed by atoms with van der Waals surface area (Å²) < 4.78 is 0. The number of aliphatic carboxylic acids is 1. The molecule has 0 spiro atoms. The van der Waals surface area contributed by atoms with E-state index in [0.717, 1.165) is 30.9 Å². The van der Waals surface area contributed by atoms with Crippen molar-refractivity contribution in [2.45, 2.75) is 13.3 Å². The molecule has 21 nitrogen and oxygen atoms in total. The Balaban J connectivity index is 4.55. The Labute approximate surface area is 290 Å². The molecule has 0 aliphatic heterocycles. The van der Waals surface area contributed by atoms with E-state index in [1.54, 1.807) is 0 Å². The minimum absolute atomic E-state index is 0.0809. The first-order chi connectivity index (χ1) is 23.3. The molecule has 0 saturated heterocycles. The number of carbonyl (C=O) groups excluding carboxylic acids is 9. The van der Waals surface area contributed by atoms with E-state index < -0.39 is 99.0 Å². The quantitative estimate of drug-likeness (QED) is 0.0658. The van der Waals surface area contributed by atoms with Gasteiger partial charge in [0.05, 0.1) is 58.9 Å². The summed E-state index contributed by atoms with van der Waals surface area (Å²) in [5.74, 6) is -6.58. The van der Waals surface area contributed by atoms with Gasteiger partial charge in [0, 0.05) is 42.3 Å². The van der Waals surface area contributed by atoms with E-state index in [9.17, 15) is 47.9 Å². The van der Waals surface area contributed by atoms with Gasteiger partial charge in [0.2, 0.25) is 53.2 Å². The van der Waals surface area contributed by atoms with Crippen LogP contribution in [-0.4, -0.2) is 208 Å². The molecule has 0 aromatic carbocycles. The number of likely N-dealkylation sites (N-methyl/N-ethyl adjacent to an activating group) is 6. The number of hydrogen-bond acceptors (Lipinski definition) is 11. The maximum atomic E-state index is 12.6. The number of hydrogen-bond donors (Lipinski definition) is 5. The number of amides is 9. The minimum Gasteiger partial charge on any atom is -0.480 e. The molecule has 0 rings (SSSR count). The number of carboxylic acids is 1. The molecule has 0 aromatic rings. The van der Waals surface area contributed by atoms with Gasteiger partial charge in [-0.05, 0) is 13.0 Å². The summed E-state index contributed by atoms with van der Waals surface area (Å²) in [4.78, 5) is 127. The molecule has 21 heteroatoms. The van der Waals surface area contributed by atoms with Crippen LogP contribution in [0.3, 0.4) is 0 Å². The van der Waals surface area contributed by atoms with Crippen LogP contribution >= 0.6 is 0 Å². The lowest BCUT2D eigenvalue weighted by atomic mass is 10.4. The normalized spacial score (nSPS) is 10.2. The lowest BCUT2D eigenvalue weighted by molar-refractivity contribution is -0.142. The van der Waals surface area contributed by atoms with Crippen LogP contribution in [0.2, 0.25) is 0 Å². The highest BCUT2D eigenvalue weighted by Crippen LogP contribution is 1.95. The van der Waals surface area contributed by atoms with Crippen LogP contribution in [0.4, 0.5) is 0 Å². The molecule has 0 aliphatic rings. The van der Waals surface area contributed by atoms with Gasteiger partial charge in [-0.2, -0.15) is 0 Å². The summed E-state index contributed by atoms with van der Waals surface area (Å²) >= 11 is 0. The van der Waals surface area contributed by atoms with Gasteiger partial charge in [0.15, 0.2) is 0 Å². The van der Waals surface area contributed by atoms with Crippen molar-refractivity contribution in [1.29, 1.82) is 0 Å². The summed E-state index contributed by atoms with van der Waals surface area (Å²) in [5.41, 5.74) is 0. The molecular weight excluding hydrogens is 664 g/mol. The zero-order chi connectivity index (χ0) is 38.6. The van der Waals surface area contributed by atoms with Crippen molar-refractivity contribution >= 4 is 59.1 Å². The van der Waals surface area contributed by atoms with E-state index in [2.05, 4.69) is 21.3 Å². The van der Waals surface area contributed by atoms with Gasteiger partial charge in [0.1, 0.15) is 6.54 Å². The first-order valence-corrected chi connectivity index (χ1v) is 15.4. The maximum Gasteiger partial charge on any atom is 0.322 e. The fraction of sp³-hybridized carbons (Fsp3) is 0.655. The Bertz CT molecular complexity index is 1260. The Kier molecular flexibility index (Phi) is 20.6. The summed E-state index contributed by atoms with van der Waals surface area (Å²) in [7, 11) is 8.05. The summed E-state index contributed by atoms with van der Waals surface area (Å²) in [6.07, 6.45) is 0.850. The van der Waals surface area contributed by atoms with Crippen LogP contribution in [0, 0.1) is 0 Å². The average Bonchev–Trinajstić information content (AvgIpc) is 3.04. The second-order valence-corrected chi connectivity index (χ2v) is 11.4. The SMILES string of the molecule is CCCNCC(=O)N(C)CC(=O)N(C)CC(=O)NCC(=O)N(C)CC(=O)N(C)CC(=O)NCC(=O)N(C)CC(=O)N(C)CC(=O)NCC(=O)O. The first-order valence-electron chi connectivity index (χ1n) is 15.4. The lowest BCUT2D eigenvalue weighted by Crippen LogP contribution is -2.49. The highest BCUT2D eigenvalue weighted by molar-refractivity contribution is 5.93. The van der Waals surface area contributed by atoms with E-state index in [0.29, 0.717) is 6.54 Å². The van der Waals surface area contributed by atoms with Crippen LogP contribution in [0.1, 0.15) is 13.3 Å². The summed E-state index contributed by atoms with van der Waals surface area (Å²) in [6, 6.07) is 0. The summed E-state index contributed by atoms with van der Waals surface area (Å²) in [5, 5.41) is 18.3. The van der Waals surface area contributed by atoms with E-state index in [1.807, 2.05) is 6.92 Å². The van der Waals surface area contributed by atoms with Crippen LogP contribution in [0.15, 0.2) is 0 Å². The standard InChI is InChI=1S/C29H50N10O11/c1-8-9-30-10-23(43)37(5)17-26(46)34(2)14-20(40)31-11-24(44)38(6)18-27(47)35(3)15-21(41)32-12-25(45)39(7)19-28(48)36(4)16-22(42)33-13-29(49)50/h30H,8-19H2,1-7H3,(H,31,40)(H,32,41)(H,33,42)(H,49,50). The Morgan fingerprint density at radius 2 is 0.700 bits per heavy atom. The molecule has 0 radical (unpaired) electrons. The molecule has 9 amide bonds. The Hall–Kier alpha value is -5.34. The highest BCUT2D eigenvalue weighted by atomic mass is 16.4. The summed E-state index contributed by atoms with van der Waals surface area (Å²) in [6.45, 7) is -1.25. The van der Waals surface area contributed by atoms with Crippen molar-refractivity contribution < 1.29 is 53.1 Å². The molecule has 0 unspecified atom stereocenters. The van der Waals surface area contributed by atoms with Gasteiger partial charge in [0.25, 0.3) is 0 Å². The average molecular weight is 715 g/mol. The van der Waals surface area contributed by atoms with Gasteiger partial charge in [-0.3, -0.25) is 47.9 Å². The number of carbonyl (C=O) groups is 10. The predicted octanol–water partition coefficient (Wildman–Crippen LogP) is -5.83. The molecule has 0 aromatic heterocycles. The largest absolute Gasteiger partial charge is 0.480 e. The molecule has 0 saturated carbocycles. The van der Waals surface area contributed by atoms with Gasteiger partial charge in [-0.15, -0.1) is 0 Å². The van der Waals surface area contributed by atoms with Crippen molar-refractivity contribution in [3.8, 4) is 0 Å². The second kappa shape index (κ2) is 23.1. The number of carboxylic acid groups (broad SMARTS) is 1. The van der Waals surface area contributed by atoms with Gasteiger partial charge in [-0.1, -0.05) is 6.92 Å². The molecule has 0 bridgehead atoms. The third-order valence-corrected chi connectivity index (χ3v) is 6.83. The van der Waals surface area contributed by atoms with Gasteiger partial charge in [-0.25, -0.2) is 0 Å². The van der Waals surface area contributed by atoms with E-state index in [4.69, 9.17) is 5.11 Å². The van der Waals surface area contributed by atoms with E-state index in [1.165, 1.54) is 47.2 Å². The molecule has 0 fully saturated rings. The first kappa shape index (κ1) is 44.7. The van der Waals surface area contributed by atoms with Crippen molar-refractivity contribution in [3.05, 3.63) is 0 Å². The van der Waals surface area contributed by atoms with Crippen molar-refractivity contribution in [2.24, 2.45) is 0 Å². The van der Waals surface area contributed by atoms with Crippen LogP contribution in [0.25, 0.3) is 0 Å². The molecule has 282 valence electrons. The van der Waals surface area contributed by atoms with Crippen LogP contribution < -0.4 is 21.3 Å². The monoisotopic (exact) mass is 714 g/mol. The number of nitrogens with zero attached hydrogens (tertiary/aromatic N) is 6. The molecule has 50 heavy (non-hydrogen) atoms. The Morgan fingerprint density at radius 1 is 0.420 bits per heavy atom. The predicted molar refractivity (Wildman–Crippen MR) is 176 cm³/mol. The zero-order valence-corrected chi connectivity index (χ0v) is 29.7. The topological polar surface area (TPSA) is 258 Å². The Morgan fingerprint density at radius 3 is 1.00 bits per heavy atom. The van der Waals surface area contributed by atoms with E-state index in [-0.39, 0.29) is 25.5 Å². The smallest absolute Gasteiger partial charge is 0.322 e. The third-order valence-electron chi connectivity index (χ3n) is 6.83. The highest BCUT2D eigenvalue weighted by Gasteiger charge is 2.22. The molecular formula is C29H50N10O11. The molecule has 5 N–H and O–H groups in total.